The predicted molar refractivity (Wildman–Crippen MR) is 84.6 cm³/mol. The highest BCUT2D eigenvalue weighted by atomic mass is 79.9. The van der Waals surface area contributed by atoms with E-state index < -0.39 is 12.0 Å². The fraction of sp³-hybridized carbons (Fsp3) is 0.429. The topological polar surface area (TPSA) is 55.4 Å². The van der Waals surface area contributed by atoms with Crippen LogP contribution in [0.2, 0.25) is 0 Å². The molecule has 2 atom stereocenters. The average Bonchev–Trinajstić information content (AvgIpc) is 2.41. The largest absolute Gasteiger partial charge is 0.467 e. The summed E-state index contributed by atoms with van der Waals surface area (Å²) in [6.45, 7) is 3.86. The van der Waals surface area contributed by atoms with E-state index >= 15 is 0 Å². The Hall–Kier alpha value is -0.880. The summed E-state index contributed by atoms with van der Waals surface area (Å²) in [7, 11) is 1.32. The molecule has 0 spiro atoms. The third-order valence-corrected chi connectivity index (χ3v) is 4.00. The maximum absolute atomic E-state index is 12.2. The number of carbonyl (C=O) groups is 2. The third kappa shape index (κ3) is 4.59. The van der Waals surface area contributed by atoms with Crippen LogP contribution in [-0.2, 0) is 9.53 Å². The lowest BCUT2D eigenvalue weighted by molar-refractivity contribution is -0.144. The number of carbonyl (C=O) groups excluding carboxylic acids is 2. The number of nitrogens with one attached hydrogen (secondary N) is 1. The van der Waals surface area contributed by atoms with Crippen molar-refractivity contribution in [2.24, 2.45) is 5.92 Å². The molecule has 0 saturated heterocycles. The zero-order valence-electron chi connectivity index (χ0n) is 11.6. The van der Waals surface area contributed by atoms with E-state index in [4.69, 9.17) is 4.74 Å². The first-order valence-electron chi connectivity index (χ1n) is 6.23. The van der Waals surface area contributed by atoms with Crippen molar-refractivity contribution in [2.45, 2.75) is 26.3 Å². The Morgan fingerprint density at radius 2 is 1.80 bits per heavy atom. The molecule has 0 bridgehead atoms. The van der Waals surface area contributed by atoms with Crippen LogP contribution in [-0.4, -0.2) is 25.0 Å². The van der Waals surface area contributed by atoms with E-state index in [2.05, 4.69) is 37.2 Å². The molecule has 20 heavy (non-hydrogen) atoms. The Morgan fingerprint density at radius 3 is 2.25 bits per heavy atom. The van der Waals surface area contributed by atoms with Gasteiger partial charge in [-0.2, -0.15) is 0 Å². The van der Waals surface area contributed by atoms with Crippen LogP contribution in [0.25, 0.3) is 0 Å². The van der Waals surface area contributed by atoms with Gasteiger partial charge in [0.25, 0.3) is 5.91 Å². The highest BCUT2D eigenvalue weighted by Crippen LogP contribution is 2.20. The van der Waals surface area contributed by atoms with E-state index in [9.17, 15) is 9.59 Å². The van der Waals surface area contributed by atoms with E-state index in [1.807, 2.05) is 19.9 Å². The first-order chi connectivity index (χ1) is 9.38. The normalized spacial score (nSPS) is 13.4. The number of benzene rings is 1. The molecule has 0 aliphatic heterocycles. The van der Waals surface area contributed by atoms with Gasteiger partial charge in [-0.15, -0.1) is 0 Å². The first-order valence-corrected chi connectivity index (χ1v) is 7.82. The SMILES string of the molecule is CC[C@@H](C)[C@H](NC(=O)c1cc(Br)cc(Br)c1)C(=O)OC. The van der Waals surface area contributed by atoms with E-state index in [0.29, 0.717) is 5.56 Å². The van der Waals surface area contributed by atoms with Gasteiger partial charge < -0.3 is 10.1 Å². The number of methoxy groups -OCH3 is 1. The van der Waals surface area contributed by atoms with Gasteiger partial charge in [0.05, 0.1) is 7.11 Å². The number of hydrogen-bond donors (Lipinski definition) is 1. The summed E-state index contributed by atoms with van der Waals surface area (Å²) in [4.78, 5) is 24.0. The zero-order valence-corrected chi connectivity index (χ0v) is 14.7. The predicted octanol–water partition coefficient (Wildman–Crippen LogP) is 3.53. The Labute approximate surface area is 135 Å². The molecule has 0 aliphatic rings. The molecule has 1 aromatic carbocycles. The number of rotatable bonds is 5. The molecule has 0 aromatic heterocycles. The number of amides is 1. The van der Waals surface area contributed by atoms with Gasteiger partial charge in [-0.3, -0.25) is 4.79 Å². The summed E-state index contributed by atoms with van der Waals surface area (Å²) >= 11 is 6.66. The Morgan fingerprint density at radius 1 is 1.25 bits per heavy atom. The molecule has 1 N–H and O–H groups in total. The van der Waals surface area contributed by atoms with Crippen LogP contribution < -0.4 is 5.32 Å². The summed E-state index contributed by atoms with van der Waals surface area (Å²) in [5.74, 6) is -0.730. The molecular weight excluding hydrogens is 390 g/mol. The summed E-state index contributed by atoms with van der Waals surface area (Å²) in [6.07, 6.45) is 0.766. The van der Waals surface area contributed by atoms with Gasteiger partial charge in [0, 0.05) is 14.5 Å². The van der Waals surface area contributed by atoms with Crippen molar-refractivity contribution in [3.05, 3.63) is 32.7 Å². The van der Waals surface area contributed by atoms with Gasteiger partial charge in [0.2, 0.25) is 0 Å². The second-order valence-electron chi connectivity index (χ2n) is 4.52. The maximum atomic E-state index is 12.2. The van der Waals surface area contributed by atoms with Crippen LogP contribution in [0.15, 0.2) is 27.1 Å². The van der Waals surface area contributed by atoms with Crippen molar-refractivity contribution in [3.8, 4) is 0 Å². The van der Waals surface area contributed by atoms with Crippen LogP contribution >= 0.6 is 31.9 Å². The van der Waals surface area contributed by atoms with Gasteiger partial charge in [-0.25, -0.2) is 4.79 Å². The standard InChI is InChI=1S/C14H17Br2NO3/c1-4-8(2)12(14(19)20-3)17-13(18)9-5-10(15)7-11(16)6-9/h5-8,12H,4H2,1-3H3,(H,17,18)/t8-,12+/m1/s1. The average molecular weight is 407 g/mol. The van der Waals surface area contributed by atoms with E-state index in [-0.39, 0.29) is 11.8 Å². The van der Waals surface area contributed by atoms with Crippen molar-refractivity contribution in [1.29, 1.82) is 0 Å². The summed E-state index contributed by atoms with van der Waals surface area (Å²) in [6, 6.07) is 4.59. The fourth-order valence-corrected chi connectivity index (χ4v) is 3.00. The molecule has 4 nitrogen and oxygen atoms in total. The summed E-state index contributed by atoms with van der Waals surface area (Å²) < 4.78 is 6.32. The quantitative estimate of drug-likeness (QED) is 0.761. The molecule has 0 radical (unpaired) electrons. The Kier molecular flexibility index (Phi) is 6.68. The molecule has 0 saturated carbocycles. The van der Waals surface area contributed by atoms with Crippen LogP contribution in [0.4, 0.5) is 0 Å². The third-order valence-electron chi connectivity index (χ3n) is 3.08. The molecule has 0 aliphatic carbocycles. The van der Waals surface area contributed by atoms with Crippen molar-refractivity contribution < 1.29 is 14.3 Å². The summed E-state index contributed by atoms with van der Waals surface area (Å²) in [5, 5.41) is 2.73. The number of ether oxygens (including phenoxy) is 1. The fourth-order valence-electron chi connectivity index (χ4n) is 1.71. The van der Waals surface area contributed by atoms with Crippen molar-refractivity contribution in [2.75, 3.05) is 7.11 Å². The minimum Gasteiger partial charge on any atom is -0.467 e. The minimum atomic E-state index is -0.643. The molecule has 110 valence electrons. The monoisotopic (exact) mass is 405 g/mol. The first kappa shape index (κ1) is 17.2. The highest BCUT2D eigenvalue weighted by molar-refractivity contribution is 9.11. The maximum Gasteiger partial charge on any atom is 0.328 e. The van der Waals surface area contributed by atoms with Gasteiger partial charge in [-0.1, -0.05) is 52.1 Å². The molecule has 0 fully saturated rings. The lowest BCUT2D eigenvalue weighted by atomic mass is 9.99. The molecule has 1 rings (SSSR count). The molecule has 6 heteroatoms. The van der Waals surface area contributed by atoms with Crippen molar-refractivity contribution in [3.63, 3.8) is 0 Å². The van der Waals surface area contributed by atoms with E-state index in [1.54, 1.807) is 12.1 Å². The van der Waals surface area contributed by atoms with Gasteiger partial charge in [-0.05, 0) is 24.1 Å². The van der Waals surface area contributed by atoms with Gasteiger partial charge in [0.15, 0.2) is 0 Å². The zero-order chi connectivity index (χ0) is 15.3. The van der Waals surface area contributed by atoms with Crippen LogP contribution in [0.5, 0.6) is 0 Å². The Balaban J connectivity index is 2.93. The minimum absolute atomic E-state index is 0.00185. The number of halogens is 2. The molecule has 0 unspecified atom stereocenters. The van der Waals surface area contributed by atoms with Crippen LogP contribution in [0, 0.1) is 5.92 Å². The van der Waals surface area contributed by atoms with Crippen LogP contribution in [0.3, 0.4) is 0 Å². The molecule has 0 heterocycles. The number of hydrogen-bond acceptors (Lipinski definition) is 3. The lowest BCUT2D eigenvalue weighted by Crippen LogP contribution is -2.45. The van der Waals surface area contributed by atoms with Gasteiger partial charge >= 0.3 is 5.97 Å². The van der Waals surface area contributed by atoms with Gasteiger partial charge in [0.1, 0.15) is 6.04 Å². The van der Waals surface area contributed by atoms with Crippen LogP contribution in [0.1, 0.15) is 30.6 Å². The second kappa shape index (κ2) is 7.78. The van der Waals surface area contributed by atoms with E-state index in [0.717, 1.165) is 15.4 Å². The van der Waals surface area contributed by atoms with Crippen molar-refractivity contribution >= 4 is 43.7 Å². The van der Waals surface area contributed by atoms with E-state index in [1.165, 1.54) is 7.11 Å². The molecule has 1 aromatic rings. The lowest BCUT2D eigenvalue weighted by Gasteiger charge is -2.21. The Bertz CT molecular complexity index is 485. The smallest absolute Gasteiger partial charge is 0.328 e. The highest BCUT2D eigenvalue weighted by Gasteiger charge is 2.27. The second-order valence-corrected chi connectivity index (χ2v) is 6.35. The number of esters is 1. The molecular formula is C14H17Br2NO3. The molecule has 1 amide bonds. The summed E-state index contributed by atoms with van der Waals surface area (Å²) in [5.41, 5.74) is 0.475. The van der Waals surface area contributed by atoms with Crippen molar-refractivity contribution in [1.82, 2.24) is 5.32 Å².